The lowest BCUT2D eigenvalue weighted by Crippen LogP contribution is -2.15. The molecule has 0 N–H and O–H groups in total. The average Bonchev–Trinajstić information content (AvgIpc) is 3.13. The highest BCUT2D eigenvalue weighted by atomic mass is 16.5. The fraction of sp³-hybridized carbons (Fsp3) is 0.300. The molecule has 1 atom stereocenters. The number of ether oxygens (including phenoxy) is 1. The summed E-state index contributed by atoms with van der Waals surface area (Å²) in [5.74, 6) is 0. The average molecular weight is 291 g/mol. The second-order valence-electron chi connectivity index (χ2n) is 6.25. The van der Waals surface area contributed by atoms with E-state index >= 15 is 0 Å². The Hall–Kier alpha value is -1.90. The first-order valence-corrected chi connectivity index (χ1v) is 8.00. The second kappa shape index (κ2) is 5.71. The van der Waals surface area contributed by atoms with Gasteiger partial charge in [-0.2, -0.15) is 0 Å². The fourth-order valence-electron chi connectivity index (χ4n) is 3.49. The largest absolute Gasteiger partial charge is 0.370 e. The van der Waals surface area contributed by atoms with Gasteiger partial charge in [0.1, 0.15) is 0 Å². The highest BCUT2D eigenvalue weighted by Crippen LogP contribution is 2.31. The summed E-state index contributed by atoms with van der Waals surface area (Å²) < 4.78 is 5.64. The molecule has 0 bridgehead atoms. The molecule has 22 heavy (non-hydrogen) atoms. The van der Waals surface area contributed by atoms with E-state index in [0.29, 0.717) is 0 Å². The van der Waals surface area contributed by atoms with Crippen LogP contribution < -0.4 is 0 Å². The molecular formula is C20H21NO. The topological polar surface area (TPSA) is 12.5 Å². The van der Waals surface area contributed by atoms with Crippen molar-refractivity contribution in [3.8, 4) is 0 Å². The first kappa shape index (κ1) is 13.7. The number of fused-ring (bicyclic) bond motifs is 1. The highest BCUT2D eigenvalue weighted by molar-refractivity contribution is 5.71. The van der Waals surface area contributed by atoms with Crippen LogP contribution in [0.3, 0.4) is 0 Å². The summed E-state index contributed by atoms with van der Waals surface area (Å²) in [4.78, 5) is 2.51. The lowest BCUT2D eigenvalue weighted by Gasteiger charge is -2.14. The Morgan fingerprint density at radius 1 is 1.05 bits per heavy atom. The molecule has 0 amide bonds. The molecule has 0 spiro atoms. The molecule has 0 fully saturated rings. The normalized spacial score (nSPS) is 21.0. The molecule has 112 valence electrons. The van der Waals surface area contributed by atoms with Gasteiger partial charge in [0, 0.05) is 19.6 Å². The molecule has 1 unspecified atom stereocenters. The van der Waals surface area contributed by atoms with Crippen molar-refractivity contribution >= 4 is 5.57 Å². The van der Waals surface area contributed by atoms with Crippen LogP contribution >= 0.6 is 0 Å². The molecule has 2 aromatic carbocycles. The lowest BCUT2D eigenvalue weighted by molar-refractivity contribution is 0.147. The van der Waals surface area contributed by atoms with Crippen LogP contribution in [0.4, 0.5) is 0 Å². The van der Waals surface area contributed by atoms with Crippen LogP contribution in [-0.2, 0) is 24.4 Å². The molecule has 0 saturated heterocycles. The quantitative estimate of drug-likeness (QED) is 0.847. The maximum Gasteiger partial charge on any atom is 0.0804 e. The molecule has 0 saturated carbocycles. The van der Waals surface area contributed by atoms with Crippen molar-refractivity contribution in [3.05, 3.63) is 76.9 Å². The zero-order valence-electron chi connectivity index (χ0n) is 13.0. The first-order chi connectivity index (χ1) is 10.8. The number of rotatable bonds is 3. The predicted octanol–water partition coefficient (Wildman–Crippen LogP) is 4.00. The minimum absolute atomic E-state index is 0.222. The number of hydrogen-bond acceptors (Lipinski definition) is 2. The van der Waals surface area contributed by atoms with E-state index in [1.165, 1.54) is 27.8 Å². The van der Waals surface area contributed by atoms with Crippen LogP contribution in [0.5, 0.6) is 0 Å². The molecule has 2 aliphatic heterocycles. The Morgan fingerprint density at radius 2 is 1.86 bits per heavy atom. The molecule has 2 aliphatic rings. The van der Waals surface area contributed by atoms with Crippen molar-refractivity contribution in [2.24, 2.45) is 0 Å². The summed E-state index contributed by atoms with van der Waals surface area (Å²) in [7, 11) is 0. The van der Waals surface area contributed by atoms with Gasteiger partial charge in [0.2, 0.25) is 0 Å². The van der Waals surface area contributed by atoms with Gasteiger partial charge in [-0.05, 0) is 40.8 Å². The second-order valence-corrected chi connectivity index (χ2v) is 6.25. The fourth-order valence-corrected chi connectivity index (χ4v) is 3.49. The van der Waals surface area contributed by atoms with Gasteiger partial charge in [-0.1, -0.05) is 48.5 Å². The number of nitrogens with zero attached hydrogens (tertiary/aromatic N) is 1. The van der Waals surface area contributed by atoms with Crippen molar-refractivity contribution in [1.82, 2.24) is 4.90 Å². The smallest absolute Gasteiger partial charge is 0.0804 e. The number of benzene rings is 2. The summed E-state index contributed by atoms with van der Waals surface area (Å²) in [6.07, 6.45) is 2.43. The third kappa shape index (κ3) is 2.60. The van der Waals surface area contributed by atoms with Gasteiger partial charge in [0.05, 0.1) is 12.7 Å². The van der Waals surface area contributed by atoms with E-state index in [1.54, 1.807) is 0 Å². The zero-order valence-corrected chi connectivity index (χ0v) is 13.0. The van der Waals surface area contributed by atoms with E-state index in [-0.39, 0.29) is 6.10 Å². The Kier molecular flexibility index (Phi) is 3.57. The molecule has 0 radical (unpaired) electrons. The zero-order chi connectivity index (χ0) is 14.9. The summed E-state index contributed by atoms with van der Waals surface area (Å²) in [6.45, 7) is 5.99. The maximum absolute atomic E-state index is 5.64. The minimum Gasteiger partial charge on any atom is -0.370 e. The van der Waals surface area contributed by atoms with Crippen LogP contribution in [0.2, 0.25) is 0 Å². The summed E-state index contributed by atoms with van der Waals surface area (Å²) in [6, 6.07) is 17.6. The molecular weight excluding hydrogens is 270 g/mol. The lowest BCUT2D eigenvalue weighted by atomic mass is 9.98. The van der Waals surface area contributed by atoms with Crippen molar-refractivity contribution in [2.45, 2.75) is 32.7 Å². The van der Waals surface area contributed by atoms with E-state index in [0.717, 1.165) is 26.2 Å². The summed E-state index contributed by atoms with van der Waals surface area (Å²) in [5.41, 5.74) is 6.98. The summed E-state index contributed by atoms with van der Waals surface area (Å²) in [5, 5.41) is 0. The minimum atomic E-state index is 0.222. The molecule has 2 aromatic rings. The van der Waals surface area contributed by atoms with Crippen LogP contribution in [0.1, 0.15) is 29.2 Å². The van der Waals surface area contributed by atoms with Gasteiger partial charge >= 0.3 is 0 Å². The van der Waals surface area contributed by atoms with Crippen molar-refractivity contribution in [3.63, 3.8) is 0 Å². The third-order valence-electron chi connectivity index (χ3n) is 4.66. The van der Waals surface area contributed by atoms with Crippen LogP contribution in [0.15, 0.2) is 54.6 Å². The molecule has 2 heterocycles. The Bertz CT molecular complexity index is 705. The Balaban J connectivity index is 1.52. The van der Waals surface area contributed by atoms with Gasteiger partial charge in [-0.3, -0.25) is 4.90 Å². The molecule has 2 heteroatoms. The van der Waals surface area contributed by atoms with E-state index in [1.807, 2.05) is 0 Å². The van der Waals surface area contributed by atoms with E-state index in [9.17, 15) is 0 Å². The standard InChI is InChI=1S/C20H21NO/c1-15-20(9-10-22-15)17-7-8-18-13-21(14-19(18)11-17)12-16-5-3-2-4-6-16/h2-9,11,15H,10,12-14H2,1H3. The van der Waals surface area contributed by atoms with Crippen LogP contribution in [0, 0.1) is 0 Å². The number of hydrogen-bond donors (Lipinski definition) is 0. The predicted molar refractivity (Wildman–Crippen MR) is 89.2 cm³/mol. The monoisotopic (exact) mass is 291 g/mol. The van der Waals surface area contributed by atoms with Crippen LogP contribution in [0.25, 0.3) is 5.57 Å². The summed E-state index contributed by atoms with van der Waals surface area (Å²) >= 11 is 0. The van der Waals surface area contributed by atoms with E-state index < -0.39 is 0 Å². The SMILES string of the molecule is CC1OCC=C1c1ccc2c(c1)CN(Cc1ccccc1)C2. The van der Waals surface area contributed by atoms with E-state index in [4.69, 9.17) is 4.74 Å². The first-order valence-electron chi connectivity index (χ1n) is 8.00. The van der Waals surface area contributed by atoms with Crippen molar-refractivity contribution < 1.29 is 4.74 Å². The molecule has 0 aliphatic carbocycles. The van der Waals surface area contributed by atoms with Gasteiger partial charge in [0.15, 0.2) is 0 Å². The van der Waals surface area contributed by atoms with Gasteiger partial charge < -0.3 is 4.74 Å². The van der Waals surface area contributed by atoms with Crippen molar-refractivity contribution in [1.29, 1.82) is 0 Å². The molecule has 0 aromatic heterocycles. The maximum atomic E-state index is 5.64. The Labute approximate surface area is 132 Å². The van der Waals surface area contributed by atoms with Gasteiger partial charge in [-0.25, -0.2) is 0 Å². The van der Waals surface area contributed by atoms with E-state index in [2.05, 4.69) is 66.4 Å². The highest BCUT2D eigenvalue weighted by Gasteiger charge is 2.22. The molecule has 4 rings (SSSR count). The molecule has 2 nitrogen and oxygen atoms in total. The van der Waals surface area contributed by atoms with Gasteiger partial charge in [0.25, 0.3) is 0 Å². The van der Waals surface area contributed by atoms with Crippen LogP contribution in [-0.4, -0.2) is 17.6 Å². The van der Waals surface area contributed by atoms with Crippen molar-refractivity contribution in [2.75, 3.05) is 6.61 Å². The third-order valence-corrected chi connectivity index (χ3v) is 4.66. The Morgan fingerprint density at radius 3 is 2.64 bits per heavy atom. The van der Waals surface area contributed by atoms with Gasteiger partial charge in [-0.15, -0.1) is 0 Å².